The third-order valence-electron chi connectivity index (χ3n) is 6.14. The molecule has 1 aromatic heterocycles. The first-order chi connectivity index (χ1) is 17.7. The van der Waals surface area contributed by atoms with Gasteiger partial charge in [0.2, 0.25) is 5.91 Å². The molecule has 1 aliphatic heterocycles. The van der Waals surface area contributed by atoms with Gasteiger partial charge >= 0.3 is 6.03 Å². The van der Waals surface area contributed by atoms with Crippen LogP contribution in [0.25, 0.3) is 0 Å². The number of benzene rings is 1. The fraction of sp³-hybridized carbons (Fsp3) is 0.520. The van der Waals surface area contributed by atoms with Crippen LogP contribution in [0.4, 0.5) is 10.6 Å². The zero-order valence-corrected chi connectivity index (χ0v) is 23.6. The van der Waals surface area contributed by atoms with Gasteiger partial charge < -0.3 is 29.5 Å². The van der Waals surface area contributed by atoms with Crippen LogP contribution in [0.1, 0.15) is 19.4 Å². The molecule has 1 aliphatic rings. The highest BCUT2D eigenvalue weighted by atomic mass is 35.5. The van der Waals surface area contributed by atoms with E-state index in [4.69, 9.17) is 21.1 Å². The van der Waals surface area contributed by atoms with Crippen molar-refractivity contribution in [2.45, 2.75) is 31.5 Å². The highest BCUT2D eigenvalue weighted by Crippen LogP contribution is 2.28. The Kier molecular flexibility index (Phi) is 10.5. The fourth-order valence-electron chi connectivity index (χ4n) is 4.03. The zero-order chi connectivity index (χ0) is 26.9. The van der Waals surface area contributed by atoms with Gasteiger partial charge in [0.25, 0.3) is 0 Å². The molecule has 10 nitrogen and oxygen atoms in total. The maximum Gasteiger partial charge on any atom is 0.317 e. The molecule has 2 heterocycles. The molecule has 37 heavy (non-hydrogen) atoms. The third-order valence-corrected chi connectivity index (χ3v) is 7.16. The number of methoxy groups -OCH3 is 2. The molecule has 0 aliphatic carbocycles. The lowest BCUT2D eigenvalue weighted by molar-refractivity contribution is -0.127. The summed E-state index contributed by atoms with van der Waals surface area (Å²) in [6.45, 7) is 6.92. The number of amides is 3. The van der Waals surface area contributed by atoms with Crippen molar-refractivity contribution < 1.29 is 19.1 Å². The number of hydrogen-bond acceptors (Lipinski definition) is 8. The zero-order valence-electron chi connectivity index (χ0n) is 22.0. The van der Waals surface area contributed by atoms with E-state index in [-0.39, 0.29) is 23.7 Å². The second kappa shape index (κ2) is 13.6. The van der Waals surface area contributed by atoms with Gasteiger partial charge in [-0.05, 0) is 38.0 Å². The fourth-order valence-corrected chi connectivity index (χ4v) is 5.05. The molecule has 202 valence electrons. The van der Waals surface area contributed by atoms with Crippen LogP contribution in [0.2, 0.25) is 5.15 Å². The van der Waals surface area contributed by atoms with E-state index in [1.807, 2.05) is 36.9 Å². The van der Waals surface area contributed by atoms with Crippen molar-refractivity contribution in [2.75, 3.05) is 64.6 Å². The molecule has 1 aromatic carbocycles. The maximum atomic E-state index is 12.7. The van der Waals surface area contributed by atoms with Gasteiger partial charge in [0.1, 0.15) is 11.0 Å². The van der Waals surface area contributed by atoms with E-state index in [9.17, 15) is 9.59 Å². The number of nitrogens with zero attached hydrogens (tertiary/aromatic N) is 5. The summed E-state index contributed by atoms with van der Waals surface area (Å²) in [5.41, 5.74) is 1.05. The van der Waals surface area contributed by atoms with Gasteiger partial charge in [0, 0.05) is 51.9 Å². The van der Waals surface area contributed by atoms with E-state index in [0.717, 1.165) is 5.56 Å². The summed E-state index contributed by atoms with van der Waals surface area (Å²) >= 11 is 7.55. The molecule has 0 saturated carbocycles. The summed E-state index contributed by atoms with van der Waals surface area (Å²) in [5.74, 6) is 2.20. The molecule has 0 radical (unpaired) electrons. The van der Waals surface area contributed by atoms with E-state index in [1.54, 1.807) is 32.2 Å². The molecule has 1 fully saturated rings. The number of carbonyl (C=O) groups excluding carboxylic acids is 2. The minimum atomic E-state index is -0.0552. The van der Waals surface area contributed by atoms with Gasteiger partial charge in [-0.1, -0.05) is 29.4 Å². The standard InChI is InChI=1S/C25H35ClN6O4S/c1-6-27-25(34)32-12-11-31(15-17(32)2)22-14-21(26)28-24(29-22)37-16-23(33)30(3)10-9-18-7-8-19(35-4)20(13-18)36-5/h7-8,13-14,17H,6,9-12,15-16H2,1-5H3,(H,27,34). The molecule has 3 rings (SSSR count). The van der Waals surface area contributed by atoms with Crippen molar-refractivity contribution in [3.8, 4) is 11.5 Å². The Balaban J connectivity index is 1.54. The second-order valence-electron chi connectivity index (χ2n) is 8.70. The number of hydrogen-bond donors (Lipinski definition) is 1. The van der Waals surface area contributed by atoms with Crippen LogP contribution < -0.4 is 19.7 Å². The van der Waals surface area contributed by atoms with Crippen molar-refractivity contribution in [2.24, 2.45) is 0 Å². The Bertz CT molecular complexity index is 1090. The summed E-state index contributed by atoms with van der Waals surface area (Å²) in [5, 5.41) is 3.62. The molecular weight excluding hydrogens is 516 g/mol. The molecule has 12 heteroatoms. The minimum Gasteiger partial charge on any atom is -0.493 e. The van der Waals surface area contributed by atoms with E-state index < -0.39 is 0 Å². The van der Waals surface area contributed by atoms with Crippen LogP contribution in [0, 0.1) is 0 Å². The Hall–Kier alpha value is -2.92. The number of anilines is 1. The van der Waals surface area contributed by atoms with Crippen LogP contribution >= 0.6 is 23.4 Å². The number of rotatable bonds is 10. The Morgan fingerprint density at radius 2 is 1.95 bits per heavy atom. The molecule has 1 unspecified atom stereocenters. The first kappa shape index (κ1) is 28.6. The lowest BCUT2D eigenvalue weighted by Crippen LogP contribution is -2.56. The highest BCUT2D eigenvalue weighted by molar-refractivity contribution is 7.99. The molecular formula is C25H35ClN6O4S. The molecule has 3 amide bonds. The van der Waals surface area contributed by atoms with E-state index in [2.05, 4.69) is 20.2 Å². The molecule has 0 bridgehead atoms. The van der Waals surface area contributed by atoms with Crippen LogP contribution in [0.3, 0.4) is 0 Å². The Morgan fingerprint density at radius 3 is 2.62 bits per heavy atom. The highest BCUT2D eigenvalue weighted by Gasteiger charge is 2.28. The number of thioether (sulfide) groups is 1. The number of carbonyl (C=O) groups is 2. The van der Waals surface area contributed by atoms with Gasteiger partial charge in [0.05, 0.1) is 20.0 Å². The van der Waals surface area contributed by atoms with Gasteiger partial charge in [0.15, 0.2) is 16.7 Å². The van der Waals surface area contributed by atoms with Crippen molar-refractivity contribution >= 4 is 41.1 Å². The van der Waals surface area contributed by atoms with Gasteiger partial charge in [-0.2, -0.15) is 0 Å². The molecule has 0 spiro atoms. The van der Waals surface area contributed by atoms with Crippen LogP contribution in [-0.4, -0.2) is 97.5 Å². The largest absolute Gasteiger partial charge is 0.493 e. The number of aromatic nitrogens is 2. The topological polar surface area (TPSA) is 100 Å². The quantitative estimate of drug-likeness (QED) is 0.273. The normalized spacial score (nSPS) is 15.4. The molecule has 1 N–H and O–H groups in total. The van der Waals surface area contributed by atoms with Gasteiger partial charge in [-0.15, -0.1) is 0 Å². The Labute approximate surface area is 227 Å². The SMILES string of the molecule is CCNC(=O)N1CCN(c2cc(Cl)nc(SCC(=O)N(C)CCc3ccc(OC)c(OC)c3)n2)CC1C. The monoisotopic (exact) mass is 550 g/mol. The predicted molar refractivity (Wildman–Crippen MR) is 146 cm³/mol. The summed E-state index contributed by atoms with van der Waals surface area (Å²) in [6, 6.07) is 7.43. The molecule has 2 aromatic rings. The first-order valence-electron chi connectivity index (χ1n) is 12.2. The molecule has 1 atom stereocenters. The van der Waals surface area contributed by atoms with Crippen LogP contribution in [-0.2, 0) is 11.2 Å². The smallest absolute Gasteiger partial charge is 0.317 e. The van der Waals surface area contributed by atoms with E-state index in [0.29, 0.717) is 66.8 Å². The number of halogens is 1. The maximum absolute atomic E-state index is 12.7. The molecule has 1 saturated heterocycles. The first-order valence-corrected chi connectivity index (χ1v) is 13.5. The van der Waals surface area contributed by atoms with Gasteiger partial charge in [-0.25, -0.2) is 14.8 Å². The van der Waals surface area contributed by atoms with E-state index >= 15 is 0 Å². The van der Waals surface area contributed by atoms with Crippen molar-refractivity contribution in [3.05, 3.63) is 35.0 Å². The number of nitrogens with one attached hydrogen (secondary N) is 1. The van der Waals surface area contributed by atoms with Crippen molar-refractivity contribution in [3.63, 3.8) is 0 Å². The van der Waals surface area contributed by atoms with E-state index in [1.165, 1.54) is 11.8 Å². The summed E-state index contributed by atoms with van der Waals surface area (Å²) < 4.78 is 10.6. The Morgan fingerprint density at radius 1 is 1.19 bits per heavy atom. The predicted octanol–water partition coefficient (Wildman–Crippen LogP) is 3.18. The number of piperazine rings is 1. The minimum absolute atomic E-state index is 0.0195. The summed E-state index contributed by atoms with van der Waals surface area (Å²) in [6.07, 6.45) is 0.686. The lowest BCUT2D eigenvalue weighted by Gasteiger charge is -2.40. The number of ether oxygens (including phenoxy) is 2. The second-order valence-corrected chi connectivity index (χ2v) is 10.0. The summed E-state index contributed by atoms with van der Waals surface area (Å²) in [4.78, 5) is 39.5. The number of urea groups is 1. The van der Waals surface area contributed by atoms with Gasteiger partial charge in [-0.3, -0.25) is 4.79 Å². The van der Waals surface area contributed by atoms with Crippen LogP contribution in [0.15, 0.2) is 29.4 Å². The average molecular weight is 551 g/mol. The van der Waals surface area contributed by atoms with Crippen molar-refractivity contribution in [1.29, 1.82) is 0 Å². The van der Waals surface area contributed by atoms with Crippen LogP contribution in [0.5, 0.6) is 11.5 Å². The number of likely N-dealkylation sites (N-methyl/N-ethyl adjacent to an activating group) is 1. The lowest BCUT2D eigenvalue weighted by atomic mass is 10.1. The third kappa shape index (κ3) is 7.78. The van der Waals surface area contributed by atoms with Crippen molar-refractivity contribution in [1.82, 2.24) is 25.1 Å². The average Bonchev–Trinajstić information content (AvgIpc) is 2.89. The summed E-state index contributed by atoms with van der Waals surface area (Å²) in [7, 11) is 4.98.